The molecule has 0 amide bonds. The van der Waals surface area contributed by atoms with E-state index in [0.29, 0.717) is 12.3 Å². The number of carbonyl (C=O) groups excluding carboxylic acids is 1. The van der Waals surface area contributed by atoms with Gasteiger partial charge in [-0.15, -0.1) is 0 Å². The molecule has 0 saturated carbocycles. The summed E-state index contributed by atoms with van der Waals surface area (Å²) in [6, 6.07) is 0. The summed E-state index contributed by atoms with van der Waals surface area (Å²) in [4.78, 5) is 11.6. The van der Waals surface area contributed by atoms with Crippen LogP contribution in [-0.4, -0.2) is 35.6 Å². The zero-order chi connectivity index (χ0) is 13.0. The Morgan fingerprint density at radius 3 is 2.65 bits per heavy atom. The molecule has 0 aliphatic rings. The van der Waals surface area contributed by atoms with E-state index in [9.17, 15) is 4.79 Å². The largest absolute Gasteiger partial charge is 0.459 e. The first kappa shape index (κ1) is 13.5. The second kappa shape index (κ2) is 5.67. The van der Waals surface area contributed by atoms with Crippen molar-refractivity contribution in [1.82, 2.24) is 9.78 Å². The van der Waals surface area contributed by atoms with Crippen LogP contribution < -0.4 is 5.73 Å². The molecule has 96 valence electrons. The molecule has 1 unspecified atom stereocenters. The first-order valence-corrected chi connectivity index (χ1v) is 5.43. The molecule has 0 radical (unpaired) electrons. The quantitative estimate of drug-likeness (QED) is 0.766. The van der Waals surface area contributed by atoms with Crippen LogP contribution in [0.2, 0.25) is 0 Å². The molecule has 0 spiro atoms. The number of anilines is 1. The van der Waals surface area contributed by atoms with E-state index in [4.69, 9.17) is 15.2 Å². The van der Waals surface area contributed by atoms with Crippen molar-refractivity contribution in [3.8, 4) is 0 Å². The van der Waals surface area contributed by atoms with Crippen molar-refractivity contribution in [2.24, 2.45) is 0 Å². The fraction of sp³-hybridized carbons (Fsp3) is 0.636. The van der Waals surface area contributed by atoms with Gasteiger partial charge in [0.1, 0.15) is 12.6 Å². The maximum absolute atomic E-state index is 11.6. The van der Waals surface area contributed by atoms with Gasteiger partial charge in [-0.25, -0.2) is 0 Å². The number of methoxy groups -OCH3 is 1. The standard InChI is InChI=1S/C11H19N3O3/c1-7(6-16-4)17-10(15)5-14-9(3)11(12)8(2)13-14/h7H,5-6,12H2,1-4H3. The summed E-state index contributed by atoms with van der Waals surface area (Å²) in [5.74, 6) is -0.347. The molecule has 2 N–H and O–H groups in total. The van der Waals surface area contributed by atoms with E-state index in [0.717, 1.165) is 11.4 Å². The summed E-state index contributed by atoms with van der Waals surface area (Å²) in [7, 11) is 1.56. The van der Waals surface area contributed by atoms with Gasteiger partial charge >= 0.3 is 5.97 Å². The Kier molecular flexibility index (Phi) is 4.51. The Balaban J connectivity index is 2.59. The van der Waals surface area contributed by atoms with Crippen LogP contribution in [0.15, 0.2) is 0 Å². The zero-order valence-electron chi connectivity index (χ0n) is 10.7. The third kappa shape index (κ3) is 3.45. The van der Waals surface area contributed by atoms with Crippen LogP contribution in [-0.2, 0) is 20.8 Å². The number of hydrogen-bond donors (Lipinski definition) is 1. The molecule has 17 heavy (non-hydrogen) atoms. The molecule has 0 aliphatic carbocycles. The number of nitrogens with two attached hydrogens (primary N) is 1. The summed E-state index contributed by atoms with van der Waals surface area (Å²) in [5, 5.41) is 4.16. The van der Waals surface area contributed by atoms with Crippen LogP contribution in [0, 0.1) is 13.8 Å². The highest BCUT2D eigenvalue weighted by molar-refractivity contribution is 5.69. The van der Waals surface area contributed by atoms with Crippen molar-refractivity contribution in [2.45, 2.75) is 33.4 Å². The molecule has 1 heterocycles. The third-order valence-electron chi connectivity index (χ3n) is 2.45. The van der Waals surface area contributed by atoms with Crippen LogP contribution in [0.1, 0.15) is 18.3 Å². The SMILES string of the molecule is COCC(C)OC(=O)Cn1nc(C)c(N)c1C. The van der Waals surface area contributed by atoms with Gasteiger partial charge < -0.3 is 15.2 Å². The molecule has 6 nitrogen and oxygen atoms in total. The van der Waals surface area contributed by atoms with Crippen molar-refractivity contribution >= 4 is 11.7 Å². The van der Waals surface area contributed by atoms with Gasteiger partial charge in [0, 0.05) is 7.11 Å². The summed E-state index contributed by atoms with van der Waals surface area (Å²) in [6.07, 6.45) is -0.262. The lowest BCUT2D eigenvalue weighted by molar-refractivity contribution is -0.151. The molecule has 0 aromatic carbocycles. The Morgan fingerprint density at radius 2 is 2.18 bits per heavy atom. The molecular weight excluding hydrogens is 222 g/mol. The highest BCUT2D eigenvalue weighted by Crippen LogP contribution is 2.14. The predicted octanol–water partition coefficient (Wildman–Crippen LogP) is 0.660. The number of carbonyl (C=O) groups is 1. The minimum Gasteiger partial charge on any atom is -0.459 e. The van der Waals surface area contributed by atoms with Crippen LogP contribution in [0.25, 0.3) is 0 Å². The average Bonchev–Trinajstić information content (AvgIpc) is 2.46. The van der Waals surface area contributed by atoms with Crippen molar-refractivity contribution in [3.05, 3.63) is 11.4 Å². The topological polar surface area (TPSA) is 79.4 Å². The highest BCUT2D eigenvalue weighted by Gasteiger charge is 2.14. The van der Waals surface area contributed by atoms with E-state index >= 15 is 0 Å². The number of esters is 1. The minimum atomic E-state index is -0.347. The van der Waals surface area contributed by atoms with E-state index in [-0.39, 0.29) is 18.6 Å². The fourth-order valence-corrected chi connectivity index (χ4v) is 1.52. The molecule has 0 aliphatic heterocycles. The van der Waals surface area contributed by atoms with Crippen LogP contribution >= 0.6 is 0 Å². The van der Waals surface area contributed by atoms with Gasteiger partial charge in [0.25, 0.3) is 0 Å². The van der Waals surface area contributed by atoms with Gasteiger partial charge in [0.05, 0.1) is 23.7 Å². The number of nitrogen functional groups attached to an aromatic ring is 1. The third-order valence-corrected chi connectivity index (χ3v) is 2.45. The van der Waals surface area contributed by atoms with Gasteiger partial charge in [-0.1, -0.05) is 0 Å². The lowest BCUT2D eigenvalue weighted by Crippen LogP contribution is -2.23. The highest BCUT2D eigenvalue weighted by atomic mass is 16.6. The first-order valence-electron chi connectivity index (χ1n) is 5.43. The van der Waals surface area contributed by atoms with E-state index in [1.165, 1.54) is 0 Å². The summed E-state index contributed by atoms with van der Waals surface area (Å²) >= 11 is 0. The number of aryl methyl sites for hydroxylation is 1. The molecule has 1 atom stereocenters. The monoisotopic (exact) mass is 241 g/mol. The lowest BCUT2D eigenvalue weighted by atomic mass is 10.3. The Hall–Kier alpha value is -1.56. The zero-order valence-corrected chi connectivity index (χ0v) is 10.7. The molecule has 1 rings (SSSR count). The summed E-state index contributed by atoms with van der Waals surface area (Å²) in [6.45, 7) is 5.85. The molecule has 1 aromatic heterocycles. The second-order valence-electron chi connectivity index (χ2n) is 4.00. The van der Waals surface area contributed by atoms with Gasteiger partial charge in [0.15, 0.2) is 0 Å². The number of ether oxygens (including phenoxy) is 2. The normalized spacial score (nSPS) is 12.5. The van der Waals surface area contributed by atoms with Gasteiger partial charge in [0.2, 0.25) is 0 Å². The van der Waals surface area contributed by atoms with Crippen molar-refractivity contribution in [1.29, 1.82) is 0 Å². The maximum Gasteiger partial charge on any atom is 0.328 e. The molecule has 0 bridgehead atoms. The Labute approximate surface area is 101 Å². The van der Waals surface area contributed by atoms with Gasteiger partial charge in [-0.2, -0.15) is 5.10 Å². The second-order valence-corrected chi connectivity index (χ2v) is 4.00. The van der Waals surface area contributed by atoms with Crippen LogP contribution in [0.5, 0.6) is 0 Å². The van der Waals surface area contributed by atoms with Crippen molar-refractivity contribution in [2.75, 3.05) is 19.5 Å². The Bertz CT molecular complexity index is 401. The molecule has 6 heteroatoms. The smallest absolute Gasteiger partial charge is 0.328 e. The van der Waals surface area contributed by atoms with E-state index < -0.39 is 0 Å². The van der Waals surface area contributed by atoms with Crippen LogP contribution in [0.3, 0.4) is 0 Å². The number of nitrogens with zero attached hydrogens (tertiary/aromatic N) is 2. The Morgan fingerprint density at radius 1 is 1.53 bits per heavy atom. The molecular formula is C11H19N3O3. The van der Waals surface area contributed by atoms with Crippen molar-refractivity contribution < 1.29 is 14.3 Å². The number of aromatic nitrogens is 2. The van der Waals surface area contributed by atoms with Gasteiger partial charge in [-0.05, 0) is 20.8 Å². The van der Waals surface area contributed by atoms with Gasteiger partial charge in [-0.3, -0.25) is 9.48 Å². The lowest BCUT2D eigenvalue weighted by Gasteiger charge is -2.12. The van der Waals surface area contributed by atoms with Crippen molar-refractivity contribution in [3.63, 3.8) is 0 Å². The minimum absolute atomic E-state index is 0.0674. The number of hydrogen-bond acceptors (Lipinski definition) is 5. The maximum atomic E-state index is 11.6. The van der Waals surface area contributed by atoms with E-state index in [1.54, 1.807) is 25.6 Å². The molecule has 0 fully saturated rings. The first-order chi connectivity index (χ1) is 7.95. The predicted molar refractivity (Wildman–Crippen MR) is 63.5 cm³/mol. The fourth-order valence-electron chi connectivity index (χ4n) is 1.52. The summed E-state index contributed by atoms with van der Waals surface area (Å²) < 4.78 is 11.6. The number of rotatable bonds is 5. The molecule has 0 saturated heterocycles. The van der Waals surface area contributed by atoms with E-state index in [2.05, 4.69) is 5.10 Å². The summed E-state index contributed by atoms with van der Waals surface area (Å²) in [5.41, 5.74) is 7.88. The van der Waals surface area contributed by atoms with E-state index in [1.807, 2.05) is 6.92 Å². The molecule has 1 aromatic rings. The van der Waals surface area contributed by atoms with Crippen LogP contribution in [0.4, 0.5) is 5.69 Å². The average molecular weight is 241 g/mol.